The number of carbonyl (C=O) groups is 1. The molecule has 1 N–H and O–H groups in total. The van der Waals surface area contributed by atoms with Crippen molar-refractivity contribution in [2.75, 3.05) is 34.4 Å². The zero-order valence-corrected chi connectivity index (χ0v) is 14.9. The van der Waals surface area contributed by atoms with Crippen molar-refractivity contribution in [2.45, 2.75) is 38.5 Å². The molecule has 1 unspecified atom stereocenters. The highest BCUT2D eigenvalue weighted by Gasteiger charge is 2.40. The summed E-state index contributed by atoms with van der Waals surface area (Å²) in [4.78, 5) is 12.7. The van der Waals surface area contributed by atoms with E-state index in [9.17, 15) is 4.79 Å². The molecule has 0 aliphatic heterocycles. The highest BCUT2D eigenvalue weighted by Crippen LogP contribution is 2.39. The van der Waals surface area contributed by atoms with E-state index in [1.54, 1.807) is 14.2 Å². The van der Waals surface area contributed by atoms with Gasteiger partial charge in [-0.25, -0.2) is 0 Å². The lowest BCUT2D eigenvalue weighted by atomic mass is 9.74. The number of ether oxygens (including phenoxy) is 3. The minimum absolute atomic E-state index is 0.175. The van der Waals surface area contributed by atoms with E-state index < -0.39 is 5.41 Å². The van der Waals surface area contributed by atoms with Crippen LogP contribution in [0.1, 0.15) is 38.7 Å². The number of carbonyl (C=O) groups excluding carboxylic acids is 1. The predicted octanol–water partition coefficient (Wildman–Crippen LogP) is 2.91. The van der Waals surface area contributed by atoms with Crippen molar-refractivity contribution in [3.05, 3.63) is 23.8 Å². The van der Waals surface area contributed by atoms with Gasteiger partial charge in [-0.15, -0.1) is 0 Å². The second-order valence-corrected chi connectivity index (χ2v) is 5.43. The van der Waals surface area contributed by atoms with Crippen LogP contribution in [0.5, 0.6) is 11.5 Å². The lowest BCUT2D eigenvalue weighted by molar-refractivity contribution is -0.150. The molecule has 23 heavy (non-hydrogen) atoms. The molecule has 0 heterocycles. The molecule has 0 aliphatic rings. The second-order valence-electron chi connectivity index (χ2n) is 5.43. The summed E-state index contributed by atoms with van der Waals surface area (Å²) in [5, 5.41) is 3.13. The number of methoxy groups -OCH3 is 2. The summed E-state index contributed by atoms with van der Waals surface area (Å²) in [5.74, 6) is 1.10. The number of hydrogen-bond acceptors (Lipinski definition) is 5. The van der Waals surface area contributed by atoms with Crippen LogP contribution in [-0.2, 0) is 14.9 Å². The third-order valence-corrected chi connectivity index (χ3v) is 4.24. The zero-order valence-electron chi connectivity index (χ0n) is 14.9. The van der Waals surface area contributed by atoms with Crippen LogP contribution in [0.4, 0.5) is 0 Å². The summed E-state index contributed by atoms with van der Waals surface area (Å²) in [7, 11) is 5.11. The summed E-state index contributed by atoms with van der Waals surface area (Å²) >= 11 is 0. The smallest absolute Gasteiger partial charge is 0.316 e. The van der Waals surface area contributed by atoms with E-state index in [0.29, 0.717) is 24.5 Å². The van der Waals surface area contributed by atoms with E-state index in [2.05, 4.69) is 5.32 Å². The predicted molar refractivity (Wildman–Crippen MR) is 91.3 cm³/mol. The number of rotatable bonds is 10. The quantitative estimate of drug-likeness (QED) is 0.530. The van der Waals surface area contributed by atoms with Crippen LogP contribution in [0.3, 0.4) is 0 Å². The van der Waals surface area contributed by atoms with Crippen LogP contribution in [0.2, 0.25) is 0 Å². The molecule has 5 nitrogen and oxygen atoms in total. The number of nitrogens with one attached hydrogen (secondary N) is 1. The van der Waals surface area contributed by atoms with Crippen molar-refractivity contribution < 1.29 is 19.0 Å². The van der Waals surface area contributed by atoms with Gasteiger partial charge in [-0.2, -0.15) is 0 Å². The summed E-state index contributed by atoms with van der Waals surface area (Å²) in [6.07, 6.45) is 2.28. The van der Waals surface area contributed by atoms with Gasteiger partial charge in [-0.3, -0.25) is 4.79 Å². The van der Waals surface area contributed by atoms with Gasteiger partial charge in [-0.1, -0.05) is 13.0 Å². The Kier molecular flexibility index (Phi) is 7.89. The molecule has 0 radical (unpaired) electrons. The van der Waals surface area contributed by atoms with Gasteiger partial charge in [0, 0.05) is 0 Å². The average Bonchev–Trinajstić information content (AvgIpc) is 2.58. The minimum Gasteiger partial charge on any atom is -0.493 e. The van der Waals surface area contributed by atoms with Crippen molar-refractivity contribution in [1.82, 2.24) is 5.32 Å². The molecule has 5 heteroatoms. The van der Waals surface area contributed by atoms with Crippen LogP contribution in [0.15, 0.2) is 18.2 Å². The monoisotopic (exact) mass is 323 g/mol. The third kappa shape index (κ3) is 4.38. The first-order valence-corrected chi connectivity index (χ1v) is 8.13. The van der Waals surface area contributed by atoms with Crippen molar-refractivity contribution in [3.8, 4) is 11.5 Å². The first-order valence-electron chi connectivity index (χ1n) is 8.13. The first kappa shape index (κ1) is 19.3. The Hall–Kier alpha value is -1.75. The molecule has 0 aromatic heterocycles. The molecular formula is C18H29NO4. The fourth-order valence-electron chi connectivity index (χ4n) is 2.86. The molecule has 0 aliphatic carbocycles. The van der Waals surface area contributed by atoms with Crippen molar-refractivity contribution >= 4 is 5.97 Å². The van der Waals surface area contributed by atoms with Gasteiger partial charge in [0.05, 0.1) is 26.2 Å². The van der Waals surface area contributed by atoms with E-state index in [1.807, 2.05) is 39.1 Å². The Morgan fingerprint density at radius 3 is 2.39 bits per heavy atom. The highest BCUT2D eigenvalue weighted by atomic mass is 16.5. The highest BCUT2D eigenvalue weighted by molar-refractivity contribution is 5.83. The molecular weight excluding hydrogens is 294 g/mol. The van der Waals surface area contributed by atoms with Crippen molar-refractivity contribution in [2.24, 2.45) is 0 Å². The number of esters is 1. The Morgan fingerprint density at radius 2 is 1.87 bits per heavy atom. The maximum Gasteiger partial charge on any atom is 0.316 e. The van der Waals surface area contributed by atoms with E-state index in [4.69, 9.17) is 14.2 Å². The summed E-state index contributed by atoms with van der Waals surface area (Å²) in [6.45, 7) is 5.09. The van der Waals surface area contributed by atoms with Crippen molar-refractivity contribution in [3.63, 3.8) is 0 Å². The lowest BCUT2D eigenvalue weighted by Crippen LogP contribution is -2.37. The Labute approximate surface area is 139 Å². The largest absolute Gasteiger partial charge is 0.493 e. The van der Waals surface area contributed by atoms with Crippen molar-refractivity contribution in [1.29, 1.82) is 0 Å². The van der Waals surface area contributed by atoms with Crippen LogP contribution in [-0.4, -0.2) is 40.4 Å². The standard InChI is InChI=1S/C18H29NO4/c1-6-18(11-8-12-19-3,17(20)23-7-2)14-9-10-15(21-4)16(13-14)22-5/h9-10,13,19H,6-8,11-12H2,1-5H3. The van der Waals surface area contributed by atoms with Crippen LogP contribution in [0.25, 0.3) is 0 Å². The normalized spacial score (nSPS) is 13.3. The number of hydrogen-bond donors (Lipinski definition) is 1. The first-order chi connectivity index (χ1) is 11.1. The van der Waals surface area contributed by atoms with Crippen LogP contribution in [0, 0.1) is 0 Å². The maximum atomic E-state index is 12.7. The SMILES string of the molecule is CCOC(=O)C(CC)(CCCNC)c1ccc(OC)c(OC)c1. The van der Waals surface area contributed by atoms with E-state index in [1.165, 1.54) is 0 Å². The molecule has 0 amide bonds. The van der Waals surface area contributed by atoms with Crippen LogP contribution < -0.4 is 14.8 Å². The molecule has 0 bridgehead atoms. The molecule has 0 fully saturated rings. The van der Waals surface area contributed by atoms with Gasteiger partial charge in [0.2, 0.25) is 0 Å². The van der Waals surface area contributed by atoms with Gasteiger partial charge in [0.25, 0.3) is 0 Å². The van der Waals surface area contributed by atoms with E-state index in [-0.39, 0.29) is 5.97 Å². The molecule has 0 saturated carbocycles. The summed E-state index contributed by atoms with van der Waals surface area (Å²) in [5.41, 5.74) is 0.249. The Morgan fingerprint density at radius 1 is 1.17 bits per heavy atom. The molecule has 0 spiro atoms. The topological polar surface area (TPSA) is 56.8 Å². The molecule has 1 atom stereocenters. The Balaban J connectivity index is 3.28. The fraction of sp³-hybridized carbons (Fsp3) is 0.611. The Bertz CT molecular complexity index is 504. The van der Waals surface area contributed by atoms with Gasteiger partial charge in [0.15, 0.2) is 11.5 Å². The van der Waals surface area contributed by atoms with Gasteiger partial charge in [-0.05, 0) is 57.5 Å². The summed E-state index contributed by atoms with van der Waals surface area (Å²) < 4.78 is 16.1. The molecule has 1 aromatic carbocycles. The second kappa shape index (κ2) is 9.40. The van der Waals surface area contributed by atoms with Gasteiger partial charge < -0.3 is 19.5 Å². The van der Waals surface area contributed by atoms with E-state index >= 15 is 0 Å². The molecule has 0 saturated heterocycles. The van der Waals surface area contributed by atoms with Gasteiger partial charge in [0.1, 0.15) is 0 Å². The zero-order chi connectivity index (χ0) is 17.3. The number of benzene rings is 1. The lowest BCUT2D eigenvalue weighted by Gasteiger charge is -2.31. The van der Waals surface area contributed by atoms with Gasteiger partial charge >= 0.3 is 5.97 Å². The van der Waals surface area contributed by atoms with E-state index in [0.717, 1.165) is 24.9 Å². The molecule has 1 rings (SSSR count). The average molecular weight is 323 g/mol. The fourth-order valence-corrected chi connectivity index (χ4v) is 2.86. The maximum absolute atomic E-state index is 12.7. The minimum atomic E-state index is -0.660. The molecule has 1 aromatic rings. The third-order valence-electron chi connectivity index (χ3n) is 4.24. The van der Waals surface area contributed by atoms with Crippen LogP contribution >= 0.6 is 0 Å². The summed E-state index contributed by atoms with van der Waals surface area (Å²) in [6, 6.07) is 5.66. The molecule has 130 valence electrons.